The summed E-state index contributed by atoms with van der Waals surface area (Å²) in [4.78, 5) is 15.9. The maximum absolute atomic E-state index is 13.2. The van der Waals surface area contributed by atoms with Gasteiger partial charge >= 0.3 is 5.97 Å². The van der Waals surface area contributed by atoms with Crippen molar-refractivity contribution in [3.8, 4) is 0 Å². The van der Waals surface area contributed by atoms with Gasteiger partial charge in [0.15, 0.2) is 5.70 Å². The number of halogens is 3. The first-order valence-corrected chi connectivity index (χ1v) is 7.02. The molecule has 2 aromatic rings. The maximum Gasteiger partial charge on any atom is 0.363 e. The third kappa shape index (κ3) is 3.03. The van der Waals surface area contributed by atoms with Crippen molar-refractivity contribution >= 4 is 41.1 Å². The SMILES string of the molecule is O=C1OC(c2cccc(F)c2)=NC1=Cc1ccc(Cl)cc1Cl. The fourth-order valence-electron chi connectivity index (χ4n) is 1.92. The molecule has 0 aliphatic carbocycles. The quantitative estimate of drug-likeness (QED) is 0.599. The molecule has 0 unspecified atom stereocenters. The van der Waals surface area contributed by atoms with Gasteiger partial charge in [0, 0.05) is 15.6 Å². The lowest BCUT2D eigenvalue weighted by molar-refractivity contribution is -0.129. The highest BCUT2D eigenvalue weighted by Gasteiger charge is 2.24. The first kappa shape index (κ1) is 14.8. The zero-order valence-corrected chi connectivity index (χ0v) is 12.5. The molecule has 0 fully saturated rings. The molecule has 1 aliphatic rings. The fraction of sp³-hybridized carbons (Fsp3) is 0. The third-order valence-corrected chi connectivity index (χ3v) is 3.51. The van der Waals surface area contributed by atoms with E-state index in [9.17, 15) is 9.18 Å². The number of esters is 1. The molecule has 2 aromatic carbocycles. The van der Waals surface area contributed by atoms with Gasteiger partial charge in [-0.05, 0) is 42.0 Å². The number of benzene rings is 2. The monoisotopic (exact) mass is 335 g/mol. The number of aliphatic imine (C=N–C) groups is 1. The van der Waals surface area contributed by atoms with E-state index in [2.05, 4.69) is 4.99 Å². The van der Waals surface area contributed by atoms with Crippen molar-refractivity contribution in [2.75, 3.05) is 0 Å². The van der Waals surface area contributed by atoms with Gasteiger partial charge in [0.2, 0.25) is 5.90 Å². The van der Waals surface area contributed by atoms with Crippen LogP contribution < -0.4 is 0 Å². The van der Waals surface area contributed by atoms with Gasteiger partial charge in [-0.1, -0.05) is 35.3 Å². The number of hydrogen-bond donors (Lipinski definition) is 0. The number of ether oxygens (including phenoxy) is 1. The summed E-state index contributed by atoms with van der Waals surface area (Å²) in [6, 6.07) is 10.5. The van der Waals surface area contributed by atoms with E-state index < -0.39 is 11.8 Å². The Hall–Kier alpha value is -2.17. The number of carbonyl (C=O) groups excluding carboxylic acids is 1. The topological polar surface area (TPSA) is 38.7 Å². The zero-order chi connectivity index (χ0) is 15.7. The fourth-order valence-corrected chi connectivity index (χ4v) is 2.38. The van der Waals surface area contributed by atoms with Crippen molar-refractivity contribution in [1.29, 1.82) is 0 Å². The first-order valence-electron chi connectivity index (χ1n) is 6.26. The average molecular weight is 336 g/mol. The summed E-state index contributed by atoms with van der Waals surface area (Å²) in [6.45, 7) is 0. The van der Waals surface area contributed by atoms with Crippen molar-refractivity contribution in [1.82, 2.24) is 0 Å². The lowest BCUT2D eigenvalue weighted by Crippen LogP contribution is -2.05. The lowest BCUT2D eigenvalue weighted by atomic mass is 10.2. The van der Waals surface area contributed by atoms with Crippen LogP contribution in [0.15, 0.2) is 53.2 Å². The zero-order valence-electron chi connectivity index (χ0n) is 11.0. The van der Waals surface area contributed by atoms with Crippen LogP contribution in [0.2, 0.25) is 10.0 Å². The van der Waals surface area contributed by atoms with Crippen LogP contribution in [-0.2, 0) is 9.53 Å². The van der Waals surface area contributed by atoms with E-state index in [0.29, 0.717) is 21.2 Å². The summed E-state index contributed by atoms with van der Waals surface area (Å²) >= 11 is 11.9. The summed E-state index contributed by atoms with van der Waals surface area (Å²) < 4.78 is 18.3. The molecule has 0 aromatic heterocycles. The predicted molar refractivity (Wildman–Crippen MR) is 83.5 cm³/mol. The number of rotatable bonds is 2. The van der Waals surface area contributed by atoms with Crippen LogP contribution in [0.1, 0.15) is 11.1 Å². The van der Waals surface area contributed by atoms with Crippen LogP contribution in [-0.4, -0.2) is 11.9 Å². The summed E-state index contributed by atoms with van der Waals surface area (Å²) in [5, 5.41) is 0.882. The first-order chi connectivity index (χ1) is 10.5. The summed E-state index contributed by atoms with van der Waals surface area (Å²) in [5.41, 5.74) is 1.06. The summed E-state index contributed by atoms with van der Waals surface area (Å²) in [7, 11) is 0. The number of hydrogen-bond acceptors (Lipinski definition) is 3. The molecular formula is C16H8Cl2FNO2. The Kier molecular flexibility index (Phi) is 3.96. The molecule has 1 heterocycles. The third-order valence-electron chi connectivity index (χ3n) is 2.95. The maximum atomic E-state index is 13.2. The van der Waals surface area contributed by atoms with Crippen LogP contribution in [0.25, 0.3) is 6.08 Å². The van der Waals surface area contributed by atoms with Crippen LogP contribution >= 0.6 is 23.2 Å². The van der Waals surface area contributed by atoms with E-state index >= 15 is 0 Å². The molecule has 0 spiro atoms. The molecule has 0 radical (unpaired) electrons. The Bertz CT molecular complexity index is 831. The molecular weight excluding hydrogens is 328 g/mol. The minimum atomic E-state index is -0.620. The number of nitrogens with zero attached hydrogens (tertiary/aromatic N) is 1. The van der Waals surface area contributed by atoms with Crippen LogP contribution in [0.5, 0.6) is 0 Å². The second-order valence-electron chi connectivity index (χ2n) is 4.51. The van der Waals surface area contributed by atoms with Crippen LogP contribution in [0.3, 0.4) is 0 Å². The van der Waals surface area contributed by atoms with Crippen molar-refractivity contribution in [2.24, 2.45) is 4.99 Å². The van der Waals surface area contributed by atoms with Crippen LogP contribution in [0, 0.1) is 5.82 Å². The van der Waals surface area contributed by atoms with Gasteiger partial charge in [0.05, 0.1) is 0 Å². The molecule has 3 rings (SSSR count). The van der Waals surface area contributed by atoms with Gasteiger partial charge in [-0.15, -0.1) is 0 Å². The molecule has 0 bridgehead atoms. The van der Waals surface area contributed by atoms with Gasteiger partial charge in [-0.25, -0.2) is 14.2 Å². The molecule has 0 saturated carbocycles. The summed E-state index contributed by atoms with van der Waals surface area (Å²) in [5.74, 6) is -1.000. The van der Waals surface area contributed by atoms with Gasteiger partial charge in [0.25, 0.3) is 0 Å². The lowest BCUT2D eigenvalue weighted by Gasteiger charge is -1.99. The Labute approximate surface area is 135 Å². The highest BCUT2D eigenvalue weighted by atomic mass is 35.5. The molecule has 110 valence electrons. The van der Waals surface area contributed by atoms with Crippen molar-refractivity contribution in [2.45, 2.75) is 0 Å². The second-order valence-corrected chi connectivity index (χ2v) is 5.36. The molecule has 6 heteroatoms. The smallest absolute Gasteiger partial charge is 0.363 e. The van der Waals surface area contributed by atoms with E-state index in [1.54, 1.807) is 24.3 Å². The van der Waals surface area contributed by atoms with E-state index in [4.69, 9.17) is 27.9 Å². The number of carbonyl (C=O) groups is 1. The van der Waals surface area contributed by atoms with Crippen molar-refractivity contribution < 1.29 is 13.9 Å². The van der Waals surface area contributed by atoms with Gasteiger partial charge in [0.1, 0.15) is 5.82 Å². The van der Waals surface area contributed by atoms with Gasteiger partial charge < -0.3 is 4.74 Å². The largest absolute Gasteiger partial charge is 0.402 e. The highest BCUT2D eigenvalue weighted by Crippen LogP contribution is 2.25. The van der Waals surface area contributed by atoms with Crippen molar-refractivity contribution in [3.05, 3.63) is 75.2 Å². The molecule has 3 nitrogen and oxygen atoms in total. The van der Waals surface area contributed by atoms with E-state index in [-0.39, 0.29) is 11.6 Å². The Morgan fingerprint density at radius 3 is 2.68 bits per heavy atom. The second kappa shape index (κ2) is 5.91. The molecule has 0 N–H and O–H groups in total. The van der Waals surface area contributed by atoms with Crippen LogP contribution in [0.4, 0.5) is 4.39 Å². The van der Waals surface area contributed by atoms with Gasteiger partial charge in [-0.2, -0.15) is 0 Å². The van der Waals surface area contributed by atoms with E-state index in [1.807, 2.05) is 0 Å². The van der Waals surface area contributed by atoms with E-state index in [0.717, 1.165) is 0 Å². The molecule has 22 heavy (non-hydrogen) atoms. The average Bonchev–Trinajstić information content (AvgIpc) is 2.83. The number of cyclic esters (lactones) is 1. The van der Waals surface area contributed by atoms with Gasteiger partial charge in [-0.3, -0.25) is 0 Å². The summed E-state index contributed by atoms with van der Waals surface area (Å²) in [6.07, 6.45) is 1.49. The standard InChI is InChI=1S/C16H8Cl2FNO2/c17-11-5-4-9(13(18)8-11)7-14-16(21)22-15(20-14)10-2-1-3-12(19)6-10/h1-8H. The Morgan fingerprint density at radius 1 is 1.14 bits per heavy atom. The molecule has 0 amide bonds. The molecule has 0 saturated heterocycles. The minimum Gasteiger partial charge on any atom is -0.402 e. The molecule has 0 atom stereocenters. The molecule has 1 aliphatic heterocycles. The predicted octanol–water partition coefficient (Wildman–Crippen LogP) is 4.48. The van der Waals surface area contributed by atoms with Crippen molar-refractivity contribution in [3.63, 3.8) is 0 Å². The minimum absolute atomic E-state index is 0.0563. The van der Waals surface area contributed by atoms with E-state index in [1.165, 1.54) is 24.3 Å². The highest BCUT2D eigenvalue weighted by molar-refractivity contribution is 6.35. The Morgan fingerprint density at radius 2 is 1.95 bits per heavy atom. The Balaban J connectivity index is 1.97. The normalized spacial score (nSPS) is 15.9.